The van der Waals surface area contributed by atoms with Crippen LogP contribution in [-0.4, -0.2) is 17.2 Å². The summed E-state index contributed by atoms with van der Waals surface area (Å²) in [5, 5.41) is 2.32. The van der Waals surface area contributed by atoms with Gasteiger partial charge in [-0.25, -0.2) is 0 Å². The molecule has 1 N–H and O–H groups in total. The Kier molecular flexibility index (Phi) is 2.32. The summed E-state index contributed by atoms with van der Waals surface area (Å²) in [7, 11) is 0. The van der Waals surface area contributed by atoms with Gasteiger partial charge in [-0.15, -0.1) is 0 Å². The van der Waals surface area contributed by atoms with E-state index >= 15 is 0 Å². The summed E-state index contributed by atoms with van der Waals surface area (Å²) >= 11 is 0. The number of rotatable bonds is 2. The number of hydrogen-bond donors (Lipinski definition) is 1. The molecule has 1 aromatic heterocycles. The Labute approximate surface area is 63.3 Å². The number of carbonyl (C=O) groups is 2. The van der Waals surface area contributed by atoms with Crippen LogP contribution in [0.25, 0.3) is 0 Å². The van der Waals surface area contributed by atoms with Gasteiger partial charge in [-0.05, 0) is 12.1 Å². The molecular formula is C7H6N2O2. The lowest BCUT2D eigenvalue weighted by Crippen LogP contribution is -2.11. The quantitative estimate of drug-likeness (QED) is 0.484. The van der Waals surface area contributed by atoms with Gasteiger partial charge in [-0.2, -0.15) is 0 Å². The molecule has 0 unspecified atom stereocenters. The molecule has 1 aromatic rings. The van der Waals surface area contributed by atoms with Crippen molar-refractivity contribution in [2.75, 3.05) is 5.32 Å². The standard InChI is InChI=1S/C7H6N2O2/c10-5-7(11)9-6-2-1-3-8-4-6/h1-5H,(H,9,11). The number of anilines is 1. The van der Waals surface area contributed by atoms with E-state index in [0.717, 1.165) is 0 Å². The average molecular weight is 150 g/mol. The van der Waals surface area contributed by atoms with E-state index in [4.69, 9.17) is 0 Å². The molecule has 0 aliphatic carbocycles. The Morgan fingerprint density at radius 2 is 2.45 bits per heavy atom. The molecule has 1 rings (SSSR count). The lowest BCUT2D eigenvalue weighted by atomic mass is 10.4. The number of aldehydes is 1. The van der Waals surface area contributed by atoms with Crippen LogP contribution in [0, 0.1) is 0 Å². The van der Waals surface area contributed by atoms with E-state index < -0.39 is 5.91 Å². The normalized spacial score (nSPS) is 8.73. The minimum absolute atomic E-state index is 0.215. The molecular weight excluding hydrogens is 144 g/mol. The predicted molar refractivity (Wildman–Crippen MR) is 38.9 cm³/mol. The third-order valence-corrected chi connectivity index (χ3v) is 1.04. The van der Waals surface area contributed by atoms with Gasteiger partial charge in [0.15, 0.2) is 0 Å². The van der Waals surface area contributed by atoms with Crippen molar-refractivity contribution in [3.05, 3.63) is 24.5 Å². The van der Waals surface area contributed by atoms with E-state index in [1.54, 1.807) is 18.3 Å². The first-order chi connectivity index (χ1) is 5.33. The monoisotopic (exact) mass is 150 g/mol. The predicted octanol–water partition coefficient (Wildman–Crippen LogP) is 0.219. The van der Waals surface area contributed by atoms with Crippen molar-refractivity contribution in [3.63, 3.8) is 0 Å². The van der Waals surface area contributed by atoms with E-state index in [0.29, 0.717) is 5.69 Å². The van der Waals surface area contributed by atoms with Gasteiger partial charge >= 0.3 is 0 Å². The van der Waals surface area contributed by atoms with E-state index in [1.807, 2.05) is 0 Å². The first-order valence-electron chi connectivity index (χ1n) is 2.99. The van der Waals surface area contributed by atoms with Crippen LogP contribution in [0.2, 0.25) is 0 Å². The highest BCUT2D eigenvalue weighted by molar-refractivity contribution is 6.29. The number of aromatic nitrogens is 1. The highest BCUT2D eigenvalue weighted by atomic mass is 16.2. The molecule has 11 heavy (non-hydrogen) atoms. The molecule has 4 heteroatoms. The van der Waals surface area contributed by atoms with Crippen LogP contribution in [0.1, 0.15) is 0 Å². The fraction of sp³-hybridized carbons (Fsp3) is 0. The SMILES string of the molecule is O=CC(=O)Nc1cccnc1. The van der Waals surface area contributed by atoms with Crippen molar-refractivity contribution < 1.29 is 9.59 Å². The second-order valence-corrected chi connectivity index (χ2v) is 1.85. The van der Waals surface area contributed by atoms with Crippen LogP contribution in [0.4, 0.5) is 5.69 Å². The molecule has 0 radical (unpaired) electrons. The maximum absolute atomic E-state index is 10.5. The minimum Gasteiger partial charge on any atom is -0.318 e. The van der Waals surface area contributed by atoms with Crippen LogP contribution < -0.4 is 5.32 Å². The fourth-order valence-electron chi connectivity index (χ4n) is 0.608. The average Bonchev–Trinajstić information content (AvgIpc) is 2.06. The molecule has 0 aliphatic heterocycles. The Hall–Kier alpha value is -1.71. The first kappa shape index (κ1) is 7.40. The van der Waals surface area contributed by atoms with Gasteiger partial charge < -0.3 is 5.32 Å². The van der Waals surface area contributed by atoms with E-state index in [1.165, 1.54) is 6.20 Å². The van der Waals surface area contributed by atoms with Gasteiger partial charge in [0.25, 0.3) is 5.91 Å². The second-order valence-electron chi connectivity index (χ2n) is 1.85. The molecule has 0 saturated heterocycles. The zero-order valence-electron chi connectivity index (χ0n) is 5.65. The first-order valence-corrected chi connectivity index (χ1v) is 2.99. The summed E-state index contributed by atoms with van der Waals surface area (Å²) in [6, 6.07) is 3.31. The zero-order valence-corrected chi connectivity index (χ0v) is 5.65. The van der Waals surface area contributed by atoms with Crippen LogP contribution >= 0.6 is 0 Å². The van der Waals surface area contributed by atoms with Crippen molar-refractivity contribution in [1.29, 1.82) is 0 Å². The number of nitrogens with zero attached hydrogens (tertiary/aromatic N) is 1. The van der Waals surface area contributed by atoms with Gasteiger partial charge in [-0.1, -0.05) is 0 Å². The molecule has 0 aromatic carbocycles. The largest absolute Gasteiger partial charge is 0.318 e. The second kappa shape index (κ2) is 3.46. The van der Waals surface area contributed by atoms with Gasteiger partial charge in [-0.3, -0.25) is 14.6 Å². The van der Waals surface area contributed by atoms with Gasteiger partial charge in [0.1, 0.15) is 0 Å². The summed E-state index contributed by atoms with van der Waals surface area (Å²) in [5.41, 5.74) is 0.518. The third kappa shape index (κ3) is 2.17. The van der Waals surface area contributed by atoms with Crippen molar-refractivity contribution in [1.82, 2.24) is 4.98 Å². The maximum atomic E-state index is 10.5. The van der Waals surface area contributed by atoms with Gasteiger partial charge in [0.05, 0.1) is 11.9 Å². The van der Waals surface area contributed by atoms with Gasteiger partial charge in [0.2, 0.25) is 6.29 Å². The number of pyridine rings is 1. The number of amides is 1. The molecule has 0 fully saturated rings. The molecule has 0 spiro atoms. The Bertz CT molecular complexity index is 258. The van der Waals surface area contributed by atoms with Crippen LogP contribution in [-0.2, 0) is 9.59 Å². The van der Waals surface area contributed by atoms with Crippen molar-refractivity contribution in [2.24, 2.45) is 0 Å². The summed E-state index contributed by atoms with van der Waals surface area (Å²) < 4.78 is 0. The molecule has 4 nitrogen and oxygen atoms in total. The van der Waals surface area contributed by atoms with Crippen molar-refractivity contribution in [2.45, 2.75) is 0 Å². The maximum Gasteiger partial charge on any atom is 0.288 e. The Balaban J connectivity index is 2.65. The highest BCUT2D eigenvalue weighted by Gasteiger charge is 1.96. The molecule has 1 amide bonds. The van der Waals surface area contributed by atoms with Gasteiger partial charge in [0, 0.05) is 6.20 Å². The summed E-state index contributed by atoms with van der Waals surface area (Å²) in [6.45, 7) is 0. The molecule has 1 heterocycles. The number of nitrogens with one attached hydrogen (secondary N) is 1. The van der Waals surface area contributed by atoms with Crippen LogP contribution in [0.5, 0.6) is 0 Å². The molecule has 0 atom stereocenters. The smallest absolute Gasteiger partial charge is 0.288 e. The Morgan fingerprint density at radius 3 is 3.00 bits per heavy atom. The van der Waals surface area contributed by atoms with Crippen molar-refractivity contribution >= 4 is 17.9 Å². The minimum atomic E-state index is -0.669. The van der Waals surface area contributed by atoms with Crippen LogP contribution in [0.15, 0.2) is 24.5 Å². The summed E-state index contributed by atoms with van der Waals surface area (Å²) in [6.07, 6.45) is 3.25. The van der Waals surface area contributed by atoms with E-state index in [2.05, 4.69) is 10.3 Å². The molecule has 0 bridgehead atoms. The molecule has 56 valence electrons. The van der Waals surface area contributed by atoms with Crippen LogP contribution in [0.3, 0.4) is 0 Å². The highest BCUT2D eigenvalue weighted by Crippen LogP contribution is 2.00. The van der Waals surface area contributed by atoms with Crippen molar-refractivity contribution in [3.8, 4) is 0 Å². The lowest BCUT2D eigenvalue weighted by Gasteiger charge is -1.96. The Morgan fingerprint density at radius 1 is 1.64 bits per heavy atom. The fourth-order valence-corrected chi connectivity index (χ4v) is 0.608. The summed E-state index contributed by atoms with van der Waals surface area (Å²) in [4.78, 5) is 24.1. The lowest BCUT2D eigenvalue weighted by molar-refractivity contribution is -0.127. The topological polar surface area (TPSA) is 59.1 Å². The third-order valence-electron chi connectivity index (χ3n) is 1.04. The molecule has 0 aliphatic rings. The zero-order chi connectivity index (χ0) is 8.10. The number of carbonyl (C=O) groups excluding carboxylic acids is 2. The van der Waals surface area contributed by atoms with E-state index in [9.17, 15) is 9.59 Å². The van der Waals surface area contributed by atoms with E-state index in [-0.39, 0.29) is 6.29 Å². The number of hydrogen-bond acceptors (Lipinski definition) is 3. The molecule has 0 saturated carbocycles. The summed E-state index contributed by atoms with van der Waals surface area (Å²) in [5.74, 6) is -0.669.